The fourth-order valence-electron chi connectivity index (χ4n) is 4.37. The van der Waals surface area contributed by atoms with Crippen LogP contribution in [0.4, 0.5) is 0 Å². The summed E-state index contributed by atoms with van der Waals surface area (Å²) < 4.78 is 0. The minimum absolute atomic E-state index is 0.0330. The Hall–Kier alpha value is -4.24. The second kappa shape index (κ2) is 9.94. The van der Waals surface area contributed by atoms with Crippen LogP contribution in [0.3, 0.4) is 0 Å². The molecule has 4 aromatic carbocycles. The summed E-state index contributed by atoms with van der Waals surface area (Å²) in [5.74, 6) is -4.42. The minimum atomic E-state index is -1.68. The molecule has 0 radical (unpaired) electrons. The van der Waals surface area contributed by atoms with Crippen LogP contribution in [0.1, 0.15) is 18.4 Å². The minimum Gasteiger partial charge on any atom is -0.481 e. The van der Waals surface area contributed by atoms with E-state index < -0.39 is 48.9 Å². The Morgan fingerprint density at radius 3 is 2.03 bits per heavy atom. The standard InChI is InChI=1S/C26H24N2O7/c29-13-20(25(33)28-19(26(34)35)12-22(31)32)27-21(30)11-9-14-4-5-17-7-6-15-2-1-3-16-8-10-18(14)24(17)23(15)16/h1-8,10,19-20,29H,9,11-13H2,(H,27,30)(H,28,33)(H,31,32)(H,34,35)/t19-,20-/m0/s1. The van der Waals surface area contributed by atoms with E-state index in [1.165, 1.54) is 5.39 Å². The molecule has 4 rings (SSSR count). The van der Waals surface area contributed by atoms with E-state index in [0.717, 1.165) is 32.5 Å². The van der Waals surface area contributed by atoms with Crippen molar-refractivity contribution in [2.45, 2.75) is 31.3 Å². The fraction of sp³-hybridized carbons (Fsp3) is 0.231. The zero-order valence-electron chi connectivity index (χ0n) is 18.7. The van der Waals surface area contributed by atoms with Gasteiger partial charge in [0, 0.05) is 6.42 Å². The van der Waals surface area contributed by atoms with Crippen molar-refractivity contribution >= 4 is 56.1 Å². The molecule has 2 atom stereocenters. The number of aliphatic hydroxyl groups is 1. The van der Waals surface area contributed by atoms with Crippen molar-refractivity contribution in [3.05, 3.63) is 60.2 Å². The third-order valence-electron chi connectivity index (χ3n) is 6.07. The van der Waals surface area contributed by atoms with Crippen LogP contribution in [-0.2, 0) is 25.6 Å². The van der Waals surface area contributed by atoms with Crippen LogP contribution >= 0.6 is 0 Å². The highest BCUT2D eigenvalue weighted by atomic mass is 16.4. The van der Waals surface area contributed by atoms with Crippen molar-refractivity contribution in [2.75, 3.05) is 6.61 Å². The Labute approximate surface area is 199 Å². The maximum Gasteiger partial charge on any atom is 0.326 e. The zero-order valence-corrected chi connectivity index (χ0v) is 18.7. The normalized spacial score (nSPS) is 13.1. The van der Waals surface area contributed by atoms with Gasteiger partial charge in [-0.3, -0.25) is 14.4 Å². The van der Waals surface area contributed by atoms with Crippen molar-refractivity contribution in [2.24, 2.45) is 0 Å². The fourth-order valence-corrected chi connectivity index (χ4v) is 4.37. The first-order valence-electron chi connectivity index (χ1n) is 11.1. The van der Waals surface area contributed by atoms with Crippen molar-refractivity contribution in [1.29, 1.82) is 0 Å². The quantitative estimate of drug-likeness (QED) is 0.220. The predicted octanol–water partition coefficient (Wildman–Crippen LogP) is 2.04. The molecule has 0 saturated heterocycles. The lowest BCUT2D eigenvalue weighted by Crippen LogP contribution is -2.53. The summed E-state index contributed by atoms with van der Waals surface area (Å²) in [4.78, 5) is 46.8. The summed E-state index contributed by atoms with van der Waals surface area (Å²) >= 11 is 0. The molecule has 0 aliphatic heterocycles. The maximum absolute atomic E-state index is 12.5. The lowest BCUT2D eigenvalue weighted by molar-refractivity contribution is -0.147. The first kappa shape index (κ1) is 23.9. The van der Waals surface area contributed by atoms with Crippen LogP contribution in [0.5, 0.6) is 0 Å². The van der Waals surface area contributed by atoms with Gasteiger partial charge in [0.05, 0.1) is 13.0 Å². The number of hydrogen-bond donors (Lipinski definition) is 5. The van der Waals surface area contributed by atoms with Gasteiger partial charge < -0.3 is 26.0 Å². The molecule has 180 valence electrons. The monoisotopic (exact) mass is 476 g/mol. The molecule has 0 fully saturated rings. The second-order valence-corrected chi connectivity index (χ2v) is 8.38. The maximum atomic E-state index is 12.5. The van der Waals surface area contributed by atoms with E-state index in [0.29, 0.717) is 6.42 Å². The van der Waals surface area contributed by atoms with Crippen molar-refractivity contribution in [3.63, 3.8) is 0 Å². The van der Waals surface area contributed by atoms with E-state index in [1.54, 1.807) is 0 Å². The summed E-state index contributed by atoms with van der Waals surface area (Å²) in [5.41, 5.74) is 0.961. The Morgan fingerprint density at radius 2 is 1.40 bits per heavy atom. The van der Waals surface area contributed by atoms with Crippen LogP contribution in [0.25, 0.3) is 32.3 Å². The molecule has 2 amide bonds. The van der Waals surface area contributed by atoms with Crippen LogP contribution in [0, 0.1) is 0 Å². The van der Waals surface area contributed by atoms with E-state index in [-0.39, 0.29) is 6.42 Å². The van der Waals surface area contributed by atoms with Gasteiger partial charge in [-0.2, -0.15) is 0 Å². The Morgan fingerprint density at radius 1 is 0.771 bits per heavy atom. The number of aliphatic carboxylic acids is 2. The van der Waals surface area contributed by atoms with E-state index in [9.17, 15) is 24.3 Å². The highest BCUT2D eigenvalue weighted by Gasteiger charge is 2.27. The van der Waals surface area contributed by atoms with E-state index >= 15 is 0 Å². The van der Waals surface area contributed by atoms with Gasteiger partial charge in [-0.05, 0) is 44.3 Å². The molecule has 0 heterocycles. The van der Waals surface area contributed by atoms with Crippen LogP contribution in [0.2, 0.25) is 0 Å². The predicted molar refractivity (Wildman–Crippen MR) is 129 cm³/mol. The first-order chi connectivity index (χ1) is 16.8. The molecule has 0 aliphatic rings. The number of carboxylic acids is 2. The van der Waals surface area contributed by atoms with E-state index in [2.05, 4.69) is 35.6 Å². The average molecular weight is 476 g/mol. The molecule has 4 aromatic rings. The molecule has 0 aromatic heterocycles. The largest absolute Gasteiger partial charge is 0.481 e. The molecule has 9 nitrogen and oxygen atoms in total. The third-order valence-corrected chi connectivity index (χ3v) is 6.07. The Bertz CT molecular complexity index is 1420. The number of nitrogens with one attached hydrogen (secondary N) is 2. The van der Waals surface area contributed by atoms with Gasteiger partial charge in [-0.1, -0.05) is 54.6 Å². The molecule has 5 N–H and O–H groups in total. The number of aryl methyl sites for hydroxylation is 1. The topological polar surface area (TPSA) is 153 Å². The molecular formula is C26H24N2O7. The number of benzene rings is 4. The van der Waals surface area contributed by atoms with E-state index in [4.69, 9.17) is 10.2 Å². The Kier molecular flexibility index (Phi) is 6.79. The molecule has 0 aliphatic carbocycles. The first-order valence-corrected chi connectivity index (χ1v) is 11.1. The van der Waals surface area contributed by atoms with E-state index in [1.807, 2.05) is 29.6 Å². The van der Waals surface area contributed by atoms with Crippen LogP contribution in [-0.4, -0.2) is 57.8 Å². The van der Waals surface area contributed by atoms with Crippen molar-refractivity contribution < 1.29 is 34.5 Å². The molecule has 35 heavy (non-hydrogen) atoms. The smallest absolute Gasteiger partial charge is 0.326 e. The van der Waals surface area contributed by atoms with Gasteiger partial charge in [0.2, 0.25) is 11.8 Å². The molecule has 0 bridgehead atoms. The lowest BCUT2D eigenvalue weighted by atomic mass is 9.91. The van der Waals surface area contributed by atoms with Gasteiger partial charge in [0.1, 0.15) is 12.1 Å². The Balaban J connectivity index is 1.47. The van der Waals surface area contributed by atoms with Gasteiger partial charge >= 0.3 is 11.9 Å². The molecule has 0 unspecified atom stereocenters. The zero-order chi connectivity index (χ0) is 25.1. The number of rotatable bonds is 10. The second-order valence-electron chi connectivity index (χ2n) is 8.38. The van der Waals surface area contributed by atoms with Crippen molar-refractivity contribution in [3.8, 4) is 0 Å². The molecule has 0 saturated carbocycles. The van der Waals surface area contributed by atoms with Gasteiger partial charge in [0.25, 0.3) is 0 Å². The summed E-state index contributed by atoms with van der Waals surface area (Å²) in [6.07, 6.45) is -0.413. The van der Waals surface area contributed by atoms with Gasteiger partial charge in [-0.15, -0.1) is 0 Å². The van der Waals surface area contributed by atoms with Crippen molar-refractivity contribution in [1.82, 2.24) is 10.6 Å². The van der Waals surface area contributed by atoms with Crippen LogP contribution < -0.4 is 10.6 Å². The SMILES string of the molecule is O=C(O)C[C@H](NC(=O)[C@H](CO)NC(=O)CCc1ccc2ccc3cccc4ccc1c2c34)C(=O)O. The lowest BCUT2D eigenvalue weighted by Gasteiger charge is -2.19. The van der Waals surface area contributed by atoms with Gasteiger partial charge in [0.15, 0.2) is 0 Å². The summed E-state index contributed by atoms with van der Waals surface area (Å²) in [7, 11) is 0. The number of aliphatic hydroxyl groups excluding tert-OH is 1. The summed E-state index contributed by atoms with van der Waals surface area (Å²) in [6.45, 7) is -0.768. The molecular weight excluding hydrogens is 452 g/mol. The number of carboxylic acid groups (broad SMARTS) is 2. The third kappa shape index (κ3) is 4.99. The molecule has 0 spiro atoms. The number of carbonyl (C=O) groups is 4. The van der Waals surface area contributed by atoms with Gasteiger partial charge in [-0.25, -0.2) is 4.79 Å². The summed E-state index contributed by atoms with van der Waals surface area (Å²) in [6, 6.07) is 15.3. The number of hydrogen-bond acceptors (Lipinski definition) is 5. The average Bonchev–Trinajstić information content (AvgIpc) is 2.84. The summed E-state index contributed by atoms with van der Waals surface area (Å²) in [5, 5.41) is 38.5. The number of amides is 2. The highest BCUT2D eigenvalue weighted by Crippen LogP contribution is 2.36. The highest BCUT2D eigenvalue weighted by molar-refractivity contribution is 6.23. The molecule has 9 heteroatoms. The van der Waals surface area contributed by atoms with Crippen LogP contribution in [0.15, 0.2) is 54.6 Å². The number of carbonyl (C=O) groups excluding carboxylic acids is 2.